The number of carbonyl (C=O) groups is 1. The molecule has 0 spiro atoms. The maximum Gasteiger partial charge on any atom is 0.306 e. The third-order valence-electron chi connectivity index (χ3n) is 3.32. The first-order valence-corrected chi connectivity index (χ1v) is 6.83. The van der Waals surface area contributed by atoms with Crippen molar-refractivity contribution in [1.82, 2.24) is 5.32 Å². The second-order valence-electron chi connectivity index (χ2n) is 6.15. The summed E-state index contributed by atoms with van der Waals surface area (Å²) in [6, 6.07) is 8.59. The molecule has 3 heteroatoms. The maximum absolute atomic E-state index is 10.7. The van der Waals surface area contributed by atoms with Gasteiger partial charge in [0.05, 0.1) is 5.92 Å². The standard InChI is InChI=1S/C16H25NO2/c1-12(15(18)19)9-10-17-11-13-5-7-14(8-6-13)16(2,3)4/h5-8,12,17H,9-11H2,1-4H3,(H,18,19). The van der Waals surface area contributed by atoms with E-state index in [9.17, 15) is 4.79 Å². The van der Waals surface area contributed by atoms with Crippen LogP contribution in [-0.4, -0.2) is 17.6 Å². The smallest absolute Gasteiger partial charge is 0.306 e. The Morgan fingerprint density at radius 3 is 2.32 bits per heavy atom. The molecule has 0 aliphatic rings. The number of aliphatic carboxylic acids is 1. The van der Waals surface area contributed by atoms with Crippen molar-refractivity contribution in [3.63, 3.8) is 0 Å². The molecule has 106 valence electrons. The van der Waals surface area contributed by atoms with Gasteiger partial charge in [-0.2, -0.15) is 0 Å². The molecule has 0 bridgehead atoms. The molecule has 2 N–H and O–H groups in total. The molecule has 0 radical (unpaired) electrons. The number of hydrogen-bond donors (Lipinski definition) is 2. The lowest BCUT2D eigenvalue weighted by molar-refractivity contribution is -0.141. The fourth-order valence-corrected chi connectivity index (χ4v) is 1.80. The number of carboxylic acid groups (broad SMARTS) is 1. The summed E-state index contributed by atoms with van der Waals surface area (Å²) >= 11 is 0. The average Bonchev–Trinajstić information content (AvgIpc) is 2.33. The highest BCUT2D eigenvalue weighted by Crippen LogP contribution is 2.22. The van der Waals surface area contributed by atoms with Gasteiger partial charge in [0.25, 0.3) is 0 Å². The summed E-state index contributed by atoms with van der Waals surface area (Å²) in [5.41, 5.74) is 2.75. The summed E-state index contributed by atoms with van der Waals surface area (Å²) in [6.45, 7) is 9.86. The summed E-state index contributed by atoms with van der Waals surface area (Å²) < 4.78 is 0. The topological polar surface area (TPSA) is 49.3 Å². The third-order valence-corrected chi connectivity index (χ3v) is 3.32. The van der Waals surface area contributed by atoms with Gasteiger partial charge in [0.1, 0.15) is 0 Å². The highest BCUT2D eigenvalue weighted by atomic mass is 16.4. The fraction of sp³-hybridized carbons (Fsp3) is 0.562. The fourth-order valence-electron chi connectivity index (χ4n) is 1.80. The van der Waals surface area contributed by atoms with Crippen LogP contribution in [0.4, 0.5) is 0 Å². The molecule has 0 aliphatic carbocycles. The lowest BCUT2D eigenvalue weighted by Gasteiger charge is -2.19. The van der Waals surface area contributed by atoms with Crippen LogP contribution in [-0.2, 0) is 16.8 Å². The Labute approximate surface area is 116 Å². The SMILES string of the molecule is CC(CCNCc1ccc(C(C)(C)C)cc1)C(=O)O. The van der Waals surface area contributed by atoms with E-state index in [4.69, 9.17) is 5.11 Å². The molecule has 0 saturated heterocycles. The zero-order valence-corrected chi connectivity index (χ0v) is 12.4. The van der Waals surface area contributed by atoms with Gasteiger partial charge in [-0.3, -0.25) is 4.79 Å². The largest absolute Gasteiger partial charge is 0.481 e. The van der Waals surface area contributed by atoms with Gasteiger partial charge in [0.2, 0.25) is 0 Å². The second-order valence-corrected chi connectivity index (χ2v) is 6.15. The van der Waals surface area contributed by atoms with Crippen molar-refractivity contribution >= 4 is 5.97 Å². The van der Waals surface area contributed by atoms with Gasteiger partial charge < -0.3 is 10.4 Å². The molecular formula is C16H25NO2. The highest BCUT2D eigenvalue weighted by molar-refractivity contribution is 5.69. The first-order valence-electron chi connectivity index (χ1n) is 6.83. The Bertz CT molecular complexity index is 404. The van der Waals surface area contributed by atoms with Gasteiger partial charge in [-0.05, 0) is 29.5 Å². The minimum absolute atomic E-state index is 0.183. The molecule has 0 amide bonds. The van der Waals surface area contributed by atoms with Crippen LogP contribution in [0.5, 0.6) is 0 Å². The number of nitrogens with one attached hydrogen (secondary N) is 1. The van der Waals surface area contributed by atoms with E-state index in [0.29, 0.717) is 6.42 Å². The number of rotatable bonds is 6. The van der Waals surface area contributed by atoms with Gasteiger partial charge in [-0.15, -0.1) is 0 Å². The van der Waals surface area contributed by atoms with Crippen molar-refractivity contribution in [3.8, 4) is 0 Å². The Morgan fingerprint density at radius 2 is 1.84 bits per heavy atom. The summed E-state index contributed by atoms with van der Waals surface area (Å²) in [5, 5.41) is 12.1. The van der Waals surface area contributed by atoms with E-state index in [2.05, 4.69) is 50.4 Å². The molecule has 0 saturated carbocycles. The highest BCUT2D eigenvalue weighted by Gasteiger charge is 2.13. The quantitative estimate of drug-likeness (QED) is 0.775. The van der Waals surface area contributed by atoms with Crippen LogP contribution in [0.25, 0.3) is 0 Å². The molecule has 0 aliphatic heterocycles. The summed E-state index contributed by atoms with van der Waals surface area (Å²) in [4.78, 5) is 10.7. The van der Waals surface area contributed by atoms with Crippen molar-refractivity contribution in [2.24, 2.45) is 5.92 Å². The van der Waals surface area contributed by atoms with Crippen molar-refractivity contribution in [2.75, 3.05) is 6.54 Å². The van der Waals surface area contributed by atoms with E-state index >= 15 is 0 Å². The van der Waals surface area contributed by atoms with Crippen molar-refractivity contribution < 1.29 is 9.90 Å². The average molecular weight is 263 g/mol. The molecule has 1 atom stereocenters. The molecule has 19 heavy (non-hydrogen) atoms. The number of hydrogen-bond acceptors (Lipinski definition) is 2. The number of benzene rings is 1. The zero-order valence-electron chi connectivity index (χ0n) is 12.4. The third kappa shape index (κ3) is 5.43. The molecular weight excluding hydrogens is 238 g/mol. The summed E-state index contributed by atoms with van der Waals surface area (Å²) in [7, 11) is 0. The van der Waals surface area contributed by atoms with E-state index in [0.717, 1.165) is 13.1 Å². The lowest BCUT2D eigenvalue weighted by atomic mass is 9.87. The molecule has 1 aromatic rings. The second kappa shape index (κ2) is 6.71. The Balaban J connectivity index is 2.37. The predicted octanol–water partition coefficient (Wildman–Crippen LogP) is 3.18. The van der Waals surface area contributed by atoms with Gasteiger partial charge in [-0.1, -0.05) is 52.0 Å². The minimum atomic E-state index is -0.726. The van der Waals surface area contributed by atoms with E-state index < -0.39 is 5.97 Å². The monoisotopic (exact) mass is 263 g/mol. The lowest BCUT2D eigenvalue weighted by Crippen LogP contribution is -2.20. The first-order chi connectivity index (χ1) is 8.80. The molecule has 0 heterocycles. The van der Waals surface area contributed by atoms with Gasteiger partial charge in [0.15, 0.2) is 0 Å². The van der Waals surface area contributed by atoms with Crippen LogP contribution in [0.1, 0.15) is 45.2 Å². The van der Waals surface area contributed by atoms with Crippen LogP contribution in [0, 0.1) is 5.92 Å². The molecule has 3 nitrogen and oxygen atoms in total. The summed E-state index contributed by atoms with van der Waals surface area (Å²) in [5.74, 6) is -1.01. The number of carboxylic acids is 1. The zero-order chi connectivity index (χ0) is 14.5. The van der Waals surface area contributed by atoms with Gasteiger partial charge >= 0.3 is 5.97 Å². The van der Waals surface area contributed by atoms with Crippen LogP contribution in [0.15, 0.2) is 24.3 Å². The van der Waals surface area contributed by atoms with E-state index in [1.165, 1.54) is 11.1 Å². The Hall–Kier alpha value is -1.35. The van der Waals surface area contributed by atoms with Crippen molar-refractivity contribution in [2.45, 2.75) is 46.1 Å². The molecule has 1 aromatic carbocycles. The van der Waals surface area contributed by atoms with Crippen LogP contribution in [0.3, 0.4) is 0 Å². The van der Waals surface area contributed by atoms with Crippen molar-refractivity contribution in [3.05, 3.63) is 35.4 Å². The minimum Gasteiger partial charge on any atom is -0.481 e. The molecule has 1 rings (SSSR count). The Kier molecular flexibility index (Phi) is 5.55. The van der Waals surface area contributed by atoms with E-state index in [-0.39, 0.29) is 11.3 Å². The predicted molar refractivity (Wildman–Crippen MR) is 78.3 cm³/mol. The molecule has 0 fully saturated rings. The van der Waals surface area contributed by atoms with Crippen LogP contribution in [0.2, 0.25) is 0 Å². The molecule has 0 aromatic heterocycles. The van der Waals surface area contributed by atoms with Crippen LogP contribution >= 0.6 is 0 Å². The Morgan fingerprint density at radius 1 is 1.26 bits per heavy atom. The van der Waals surface area contributed by atoms with E-state index in [1.807, 2.05) is 0 Å². The van der Waals surface area contributed by atoms with Crippen molar-refractivity contribution in [1.29, 1.82) is 0 Å². The van der Waals surface area contributed by atoms with E-state index in [1.54, 1.807) is 6.92 Å². The first kappa shape index (κ1) is 15.7. The normalized spacial score (nSPS) is 13.3. The van der Waals surface area contributed by atoms with Gasteiger partial charge in [-0.25, -0.2) is 0 Å². The van der Waals surface area contributed by atoms with Crippen LogP contribution < -0.4 is 5.32 Å². The molecule has 1 unspecified atom stereocenters. The maximum atomic E-state index is 10.7. The summed E-state index contributed by atoms with van der Waals surface area (Å²) in [6.07, 6.45) is 0.662. The van der Waals surface area contributed by atoms with Gasteiger partial charge in [0, 0.05) is 6.54 Å².